The Balaban J connectivity index is 2.20. The highest BCUT2D eigenvalue weighted by molar-refractivity contribution is 7.92. The Morgan fingerprint density at radius 1 is 1.20 bits per heavy atom. The SMILES string of the molecule is CCOc1ccc(C(=O)Nc2cccc(N(C)S(C)(=O)=O)c2)cc1C. The van der Waals surface area contributed by atoms with Gasteiger partial charge in [-0.05, 0) is 55.8 Å². The van der Waals surface area contributed by atoms with E-state index in [9.17, 15) is 13.2 Å². The predicted octanol–water partition coefficient (Wildman–Crippen LogP) is 3.04. The summed E-state index contributed by atoms with van der Waals surface area (Å²) in [7, 11) is -1.90. The third kappa shape index (κ3) is 4.73. The molecular formula is C18H22N2O4S. The summed E-state index contributed by atoms with van der Waals surface area (Å²) in [4.78, 5) is 12.4. The van der Waals surface area contributed by atoms with Gasteiger partial charge in [-0.15, -0.1) is 0 Å². The maximum absolute atomic E-state index is 12.4. The van der Waals surface area contributed by atoms with Crippen LogP contribution in [0.4, 0.5) is 11.4 Å². The molecule has 2 aromatic rings. The molecule has 6 nitrogen and oxygen atoms in total. The van der Waals surface area contributed by atoms with Crippen molar-refractivity contribution in [3.63, 3.8) is 0 Å². The molecule has 1 N–H and O–H groups in total. The lowest BCUT2D eigenvalue weighted by atomic mass is 10.1. The van der Waals surface area contributed by atoms with Crippen LogP contribution in [0.2, 0.25) is 0 Å². The number of ether oxygens (including phenoxy) is 1. The van der Waals surface area contributed by atoms with Crippen molar-refractivity contribution in [3.05, 3.63) is 53.6 Å². The largest absolute Gasteiger partial charge is 0.494 e. The van der Waals surface area contributed by atoms with Gasteiger partial charge in [0.05, 0.1) is 18.6 Å². The van der Waals surface area contributed by atoms with Crippen LogP contribution in [0.25, 0.3) is 0 Å². The number of benzene rings is 2. The molecule has 0 spiro atoms. The average molecular weight is 362 g/mol. The van der Waals surface area contributed by atoms with Gasteiger partial charge in [0.2, 0.25) is 10.0 Å². The molecule has 0 fully saturated rings. The second kappa shape index (κ2) is 7.57. The van der Waals surface area contributed by atoms with Crippen LogP contribution in [0.15, 0.2) is 42.5 Å². The van der Waals surface area contributed by atoms with E-state index in [-0.39, 0.29) is 5.91 Å². The van der Waals surface area contributed by atoms with Gasteiger partial charge in [0, 0.05) is 18.3 Å². The zero-order valence-corrected chi connectivity index (χ0v) is 15.6. The Morgan fingerprint density at radius 3 is 2.52 bits per heavy atom. The molecule has 0 heterocycles. The number of aryl methyl sites for hydroxylation is 1. The van der Waals surface area contributed by atoms with E-state index in [2.05, 4.69) is 5.32 Å². The number of carbonyl (C=O) groups excluding carboxylic acids is 1. The smallest absolute Gasteiger partial charge is 0.255 e. The summed E-state index contributed by atoms with van der Waals surface area (Å²) in [5, 5.41) is 2.78. The second-order valence-electron chi connectivity index (χ2n) is 5.65. The van der Waals surface area contributed by atoms with Gasteiger partial charge in [0.15, 0.2) is 0 Å². The van der Waals surface area contributed by atoms with E-state index in [1.54, 1.807) is 42.5 Å². The Kier molecular flexibility index (Phi) is 5.69. The minimum Gasteiger partial charge on any atom is -0.494 e. The summed E-state index contributed by atoms with van der Waals surface area (Å²) in [5.41, 5.74) is 2.37. The highest BCUT2D eigenvalue weighted by atomic mass is 32.2. The fraction of sp³-hybridized carbons (Fsp3) is 0.278. The van der Waals surface area contributed by atoms with Crippen LogP contribution < -0.4 is 14.4 Å². The molecule has 134 valence electrons. The minimum absolute atomic E-state index is 0.273. The van der Waals surface area contributed by atoms with Crippen molar-refractivity contribution < 1.29 is 17.9 Å². The molecule has 0 aliphatic carbocycles. The van der Waals surface area contributed by atoms with Crippen molar-refractivity contribution in [2.45, 2.75) is 13.8 Å². The number of nitrogens with zero attached hydrogens (tertiary/aromatic N) is 1. The number of hydrogen-bond acceptors (Lipinski definition) is 4. The van der Waals surface area contributed by atoms with E-state index < -0.39 is 10.0 Å². The molecule has 2 rings (SSSR count). The van der Waals surface area contributed by atoms with Gasteiger partial charge in [-0.25, -0.2) is 8.42 Å². The normalized spacial score (nSPS) is 11.0. The van der Waals surface area contributed by atoms with Crippen LogP contribution >= 0.6 is 0 Å². The molecule has 0 unspecified atom stereocenters. The molecule has 0 aliphatic heterocycles. The topological polar surface area (TPSA) is 75.7 Å². The highest BCUT2D eigenvalue weighted by Gasteiger charge is 2.13. The molecule has 0 bridgehead atoms. The fourth-order valence-corrected chi connectivity index (χ4v) is 2.78. The van der Waals surface area contributed by atoms with Crippen LogP contribution in [-0.2, 0) is 10.0 Å². The number of amides is 1. The summed E-state index contributed by atoms with van der Waals surface area (Å²) in [6, 6.07) is 11.9. The van der Waals surface area contributed by atoms with Crippen LogP contribution in [0, 0.1) is 6.92 Å². The van der Waals surface area contributed by atoms with Gasteiger partial charge in [-0.1, -0.05) is 6.07 Å². The standard InChI is InChI=1S/C18H22N2O4S/c1-5-24-17-10-9-14(11-13(17)2)18(21)19-15-7-6-8-16(12-15)20(3)25(4,22)23/h6-12H,5H2,1-4H3,(H,19,21). The predicted molar refractivity (Wildman–Crippen MR) is 100.0 cm³/mol. The van der Waals surface area contributed by atoms with Crippen molar-refractivity contribution in [1.29, 1.82) is 0 Å². The molecule has 0 aliphatic rings. The molecule has 25 heavy (non-hydrogen) atoms. The van der Waals surface area contributed by atoms with Crippen molar-refractivity contribution in [1.82, 2.24) is 0 Å². The Labute approximate surface area is 148 Å². The quantitative estimate of drug-likeness (QED) is 0.857. The molecular weight excluding hydrogens is 340 g/mol. The lowest BCUT2D eigenvalue weighted by Gasteiger charge is -2.17. The summed E-state index contributed by atoms with van der Waals surface area (Å²) in [6.07, 6.45) is 1.13. The fourth-order valence-electron chi connectivity index (χ4n) is 2.28. The second-order valence-corrected chi connectivity index (χ2v) is 7.66. The Hall–Kier alpha value is -2.54. The van der Waals surface area contributed by atoms with E-state index in [0.29, 0.717) is 23.5 Å². The number of rotatable bonds is 6. The van der Waals surface area contributed by atoms with Crippen molar-refractivity contribution in [3.8, 4) is 5.75 Å². The molecule has 0 aromatic heterocycles. The molecule has 7 heteroatoms. The summed E-state index contributed by atoms with van der Waals surface area (Å²) < 4.78 is 29.9. The number of sulfonamides is 1. The van der Waals surface area contributed by atoms with Crippen molar-refractivity contribution in [2.75, 3.05) is 29.5 Å². The number of nitrogens with one attached hydrogen (secondary N) is 1. The van der Waals surface area contributed by atoms with E-state index >= 15 is 0 Å². The lowest BCUT2D eigenvalue weighted by Crippen LogP contribution is -2.24. The summed E-state index contributed by atoms with van der Waals surface area (Å²) >= 11 is 0. The van der Waals surface area contributed by atoms with Crippen molar-refractivity contribution >= 4 is 27.3 Å². The summed E-state index contributed by atoms with van der Waals surface area (Å²) in [5.74, 6) is 0.473. The van der Waals surface area contributed by atoms with E-state index in [4.69, 9.17) is 4.74 Å². The van der Waals surface area contributed by atoms with Crippen LogP contribution in [0.5, 0.6) is 5.75 Å². The first kappa shape index (κ1) is 18.8. The first-order valence-corrected chi connectivity index (χ1v) is 9.66. The van der Waals surface area contributed by atoms with Crippen LogP contribution in [0.1, 0.15) is 22.8 Å². The lowest BCUT2D eigenvalue weighted by molar-refractivity contribution is 0.102. The monoisotopic (exact) mass is 362 g/mol. The summed E-state index contributed by atoms with van der Waals surface area (Å²) in [6.45, 7) is 4.34. The minimum atomic E-state index is -3.36. The van der Waals surface area contributed by atoms with Gasteiger partial charge in [0.1, 0.15) is 5.75 Å². The Morgan fingerprint density at radius 2 is 1.92 bits per heavy atom. The Bertz CT molecular complexity index is 878. The molecule has 0 saturated heterocycles. The highest BCUT2D eigenvalue weighted by Crippen LogP contribution is 2.22. The third-order valence-electron chi connectivity index (χ3n) is 3.70. The van der Waals surface area contributed by atoms with E-state index in [1.165, 1.54) is 7.05 Å². The molecule has 2 aromatic carbocycles. The first-order valence-electron chi connectivity index (χ1n) is 7.81. The number of carbonyl (C=O) groups is 1. The molecule has 0 saturated carbocycles. The van der Waals surface area contributed by atoms with Gasteiger partial charge >= 0.3 is 0 Å². The van der Waals surface area contributed by atoms with Gasteiger partial charge < -0.3 is 10.1 Å². The number of anilines is 2. The molecule has 0 atom stereocenters. The maximum atomic E-state index is 12.4. The van der Waals surface area contributed by atoms with Crippen molar-refractivity contribution in [2.24, 2.45) is 0 Å². The van der Waals surface area contributed by atoms with E-state index in [0.717, 1.165) is 21.9 Å². The van der Waals surface area contributed by atoms with Gasteiger partial charge in [0.25, 0.3) is 5.91 Å². The average Bonchev–Trinajstić information content (AvgIpc) is 2.55. The number of hydrogen-bond donors (Lipinski definition) is 1. The first-order chi connectivity index (χ1) is 11.7. The van der Waals surface area contributed by atoms with Gasteiger partial charge in [-0.2, -0.15) is 0 Å². The van der Waals surface area contributed by atoms with Crippen LogP contribution in [-0.4, -0.2) is 34.2 Å². The third-order valence-corrected chi connectivity index (χ3v) is 4.91. The zero-order chi connectivity index (χ0) is 18.6. The van der Waals surface area contributed by atoms with Gasteiger partial charge in [-0.3, -0.25) is 9.10 Å². The molecule has 1 amide bonds. The molecule has 0 radical (unpaired) electrons. The van der Waals surface area contributed by atoms with E-state index in [1.807, 2.05) is 13.8 Å². The zero-order valence-electron chi connectivity index (χ0n) is 14.7. The van der Waals surface area contributed by atoms with Crippen LogP contribution in [0.3, 0.4) is 0 Å². The maximum Gasteiger partial charge on any atom is 0.255 e.